The van der Waals surface area contributed by atoms with Crippen molar-refractivity contribution >= 4 is 34.2 Å². The van der Waals surface area contributed by atoms with Gasteiger partial charge in [-0.1, -0.05) is 17.7 Å². The number of hydrogen-bond acceptors (Lipinski definition) is 3. The zero-order chi connectivity index (χ0) is 9.14. The van der Waals surface area contributed by atoms with Gasteiger partial charge in [0, 0.05) is 12.6 Å². The molecule has 0 amide bonds. The number of nitrogens with two attached hydrogens (primary N) is 1. The zero-order valence-electron chi connectivity index (χ0n) is 6.50. The molecule has 4 heteroatoms. The summed E-state index contributed by atoms with van der Waals surface area (Å²) in [5, 5.41) is 0.505. The number of halogens is 1. The van der Waals surface area contributed by atoms with Gasteiger partial charge < -0.3 is 5.73 Å². The number of carbonyl (C=O) groups excluding carboxylic acids is 1. The number of hydrogen-bond donors (Lipinski definition) is 1. The van der Waals surface area contributed by atoms with Crippen LogP contribution >= 0.6 is 23.4 Å². The highest BCUT2D eigenvalue weighted by atomic mass is 35.5. The summed E-state index contributed by atoms with van der Waals surface area (Å²) >= 11 is 6.88. The predicted octanol–water partition coefficient (Wildman–Crippen LogP) is 2.56. The molecule has 64 valence electrons. The maximum Gasteiger partial charge on any atom is 0.190 e. The fourth-order valence-electron chi connectivity index (χ4n) is 0.777. The van der Waals surface area contributed by atoms with Gasteiger partial charge in [0.1, 0.15) is 0 Å². The van der Waals surface area contributed by atoms with E-state index in [1.807, 2.05) is 0 Å². The number of nitrogen functional groups attached to an aromatic ring is 1. The molecule has 2 nitrogen and oxygen atoms in total. The summed E-state index contributed by atoms with van der Waals surface area (Å²) in [6.45, 7) is 1.48. The third kappa shape index (κ3) is 2.16. The highest BCUT2D eigenvalue weighted by Gasteiger charge is 2.06. The van der Waals surface area contributed by atoms with E-state index >= 15 is 0 Å². The van der Waals surface area contributed by atoms with Gasteiger partial charge in [-0.3, -0.25) is 4.79 Å². The molecular formula is C8H8ClNOS. The van der Waals surface area contributed by atoms with Crippen molar-refractivity contribution in [2.24, 2.45) is 0 Å². The Labute approximate surface area is 80.1 Å². The van der Waals surface area contributed by atoms with Gasteiger partial charge in [-0.2, -0.15) is 0 Å². The molecule has 0 spiro atoms. The smallest absolute Gasteiger partial charge is 0.190 e. The SMILES string of the molecule is CC(=O)Sc1c(N)cccc1Cl. The average Bonchev–Trinajstić information content (AvgIpc) is 1.97. The molecule has 0 heterocycles. The van der Waals surface area contributed by atoms with Crippen LogP contribution in [0.3, 0.4) is 0 Å². The quantitative estimate of drug-likeness (QED) is 0.561. The summed E-state index contributed by atoms with van der Waals surface area (Å²) in [7, 11) is 0. The van der Waals surface area contributed by atoms with Crippen molar-refractivity contribution in [1.82, 2.24) is 0 Å². The van der Waals surface area contributed by atoms with Crippen LogP contribution in [0.1, 0.15) is 6.92 Å². The van der Waals surface area contributed by atoms with Gasteiger partial charge in [-0.05, 0) is 23.9 Å². The molecule has 0 fully saturated rings. The first-order chi connectivity index (χ1) is 5.61. The first-order valence-corrected chi connectivity index (χ1v) is 4.53. The number of benzene rings is 1. The lowest BCUT2D eigenvalue weighted by atomic mass is 10.3. The van der Waals surface area contributed by atoms with Crippen LogP contribution in [-0.2, 0) is 4.79 Å². The summed E-state index contributed by atoms with van der Waals surface area (Å²) < 4.78 is 0. The monoisotopic (exact) mass is 201 g/mol. The lowest BCUT2D eigenvalue weighted by Crippen LogP contribution is -1.91. The molecule has 1 aromatic rings. The predicted molar refractivity (Wildman–Crippen MR) is 52.4 cm³/mol. The Morgan fingerprint density at radius 1 is 1.58 bits per heavy atom. The molecule has 0 aliphatic rings. The Morgan fingerprint density at radius 3 is 2.75 bits per heavy atom. The fraction of sp³-hybridized carbons (Fsp3) is 0.125. The Morgan fingerprint density at radius 2 is 2.25 bits per heavy atom. The lowest BCUT2D eigenvalue weighted by Gasteiger charge is -2.03. The van der Waals surface area contributed by atoms with Crippen LogP contribution in [-0.4, -0.2) is 5.12 Å². The molecule has 1 rings (SSSR count). The number of anilines is 1. The third-order valence-corrected chi connectivity index (χ3v) is 2.62. The molecule has 0 saturated heterocycles. The number of thioether (sulfide) groups is 1. The van der Waals surface area contributed by atoms with Gasteiger partial charge in [0.2, 0.25) is 0 Å². The van der Waals surface area contributed by atoms with Crippen molar-refractivity contribution in [3.05, 3.63) is 23.2 Å². The molecule has 0 aromatic heterocycles. The molecule has 0 aliphatic heterocycles. The molecular weight excluding hydrogens is 194 g/mol. The molecule has 0 radical (unpaired) electrons. The van der Waals surface area contributed by atoms with Crippen LogP contribution in [0.4, 0.5) is 5.69 Å². The topological polar surface area (TPSA) is 43.1 Å². The molecule has 12 heavy (non-hydrogen) atoms. The minimum Gasteiger partial charge on any atom is -0.398 e. The second-order valence-corrected chi connectivity index (χ2v) is 3.85. The maximum absolute atomic E-state index is 10.8. The van der Waals surface area contributed by atoms with E-state index in [9.17, 15) is 4.79 Å². The summed E-state index contributed by atoms with van der Waals surface area (Å²) in [6.07, 6.45) is 0. The van der Waals surface area contributed by atoms with Crippen LogP contribution in [0.5, 0.6) is 0 Å². The van der Waals surface area contributed by atoms with Crippen LogP contribution in [0, 0.1) is 0 Å². The van der Waals surface area contributed by atoms with E-state index in [4.69, 9.17) is 17.3 Å². The van der Waals surface area contributed by atoms with E-state index < -0.39 is 0 Å². The van der Waals surface area contributed by atoms with Crippen molar-refractivity contribution in [3.8, 4) is 0 Å². The second-order valence-electron chi connectivity index (χ2n) is 2.25. The number of rotatable bonds is 1. The molecule has 0 atom stereocenters. The minimum absolute atomic E-state index is 0.0187. The minimum atomic E-state index is -0.0187. The summed E-state index contributed by atoms with van der Waals surface area (Å²) in [6, 6.07) is 5.18. The van der Waals surface area contributed by atoms with Crippen molar-refractivity contribution < 1.29 is 4.79 Å². The largest absolute Gasteiger partial charge is 0.398 e. The summed E-state index contributed by atoms with van der Waals surface area (Å²) in [5.74, 6) is 0. The van der Waals surface area contributed by atoms with E-state index in [1.54, 1.807) is 18.2 Å². The summed E-state index contributed by atoms with van der Waals surface area (Å²) in [4.78, 5) is 11.4. The van der Waals surface area contributed by atoms with Gasteiger partial charge >= 0.3 is 0 Å². The van der Waals surface area contributed by atoms with Crippen LogP contribution in [0.25, 0.3) is 0 Å². The lowest BCUT2D eigenvalue weighted by molar-refractivity contribution is -0.109. The Kier molecular flexibility index (Phi) is 3.00. The van der Waals surface area contributed by atoms with E-state index in [-0.39, 0.29) is 5.12 Å². The van der Waals surface area contributed by atoms with Crippen LogP contribution in [0.15, 0.2) is 23.1 Å². The van der Waals surface area contributed by atoms with E-state index in [1.165, 1.54) is 6.92 Å². The van der Waals surface area contributed by atoms with Crippen LogP contribution < -0.4 is 5.73 Å². The molecule has 1 aromatic carbocycles. The van der Waals surface area contributed by atoms with Gasteiger partial charge in [-0.25, -0.2) is 0 Å². The van der Waals surface area contributed by atoms with E-state index in [0.717, 1.165) is 11.8 Å². The molecule has 2 N–H and O–H groups in total. The molecule has 0 bridgehead atoms. The highest BCUT2D eigenvalue weighted by Crippen LogP contribution is 2.32. The Balaban J connectivity index is 3.04. The first-order valence-electron chi connectivity index (χ1n) is 3.33. The highest BCUT2D eigenvalue weighted by molar-refractivity contribution is 8.13. The first kappa shape index (κ1) is 9.42. The van der Waals surface area contributed by atoms with Gasteiger partial charge in [0.25, 0.3) is 0 Å². The summed E-state index contributed by atoms with van der Waals surface area (Å²) in [5.41, 5.74) is 6.16. The average molecular weight is 202 g/mol. The van der Waals surface area contributed by atoms with Gasteiger partial charge in [-0.15, -0.1) is 0 Å². The van der Waals surface area contributed by atoms with Crippen molar-refractivity contribution in [1.29, 1.82) is 0 Å². The fourth-order valence-corrected chi connectivity index (χ4v) is 1.71. The maximum atomic E-state index is 10.8. The Bertz CT molecular complexity index is 294. The van der Waals surface area contributed by atoms with Crippen molar-refractivity contribution in [3.63, 3.8) is 0 Å². The van der Waals surface area contributed by atoms with Gasteiger partial charge in [0.15, 0.2) is 5.12 Å². The van der Waals surface area contributed by atoms with Gasteiger partial charge in [0.05, 0.1) is 9.92 Å². The van der Waals surface area contributed by atoms with E-state index in [2.05, 4.69) is 0 Å². The zero-order valence-corrected chi connectivity index (χ0v) is 8.08. The molecule has 0 saturated carbocycles. The normalized spacial score (nSPS) is 9.83. The van der Waals surface area contributed by atoms with Crippen molar-refractivity contribution in [2.75, 3.05) is 5.73 Å². The second kappa shape index (κ2) is 3.83. The molecule has 0 aliphatic carbocycles. The van der Waals surface area contributed by atoms with Crippen LogP contribution in [0.2, 0.25) is 5.02 Å². The molecule has 0 unspecified atom stereocenters. The number of carbonyl (C=O) groups is 1. The standard InChI is InChI=1S/C8H8ClNOS/c1-5(11)12-8-6(9)3-2-4-7(8)10/h2-4H,10H2,1H3. The van der Waals surface area contributed by atoms with E-state index in [0.29, 0.717) is 15.6 Å². The third-order valence-electron chi connectivity index (χ3n) is 1.24. The van der Waals surface area contributed by atoms with Crippen molar-refractivity contribution in [2.45, 2.75) is 11.8 Å². The Hall–Kier alpha value is -0.670.